The van der Waals surface area contributed by atoms with Crippen LogP contribution in [0, 0.1) is 0 Å². The Morgan fingerprint density at radius 3 is 2.81 bits per heavy atom. The molecule has 0 saturated carbocycles. The van der Waals surface area contributed by atoms with Gasteiger partial charge in [-0.1, -0.05) is 6.07 Å². The van der Waals surface area contributed by atoms with E-state index in [1.54, 1.807) is 42.6 Å². The fraction of sp³-hybridized carbons (Fsp3) is 0.130. The van der Waals surface area contributed by atoms with Crippen LogP contribution in [0.3, 0.4) is 0 Å². The molecule has 1 amide bonds. The summed E-state index contributed by atoms with van der Waals surface area (Å²) in [6, 6.07) is 16.8. The molecule has 31 heavy (non-hydrogen) atoms. The molecule has 1 atom stereocenters. The minimum Gasteiger partial charge on any atom is -0.482 e. The van der Waals surface area contributed by atoms with Gasteiger partial charge in [-0.25, -0.2) is 9.59 Å². The van der Waals surface area contributed by atoms with Crippen molar-refractivity contribution < 1.29 is 23.5 Å². The lowest BCUT2D eigenvalue weighted by molar-refractivity contribution is -0.155. The fourth-order valence-corrected chi connectivity index (χ4v) is 3.00. The Morgan fingerprint density at radius 1 is 1.10 bits per heavy atom. The van der Waals surface area contributed by atoms with Gasteiger partial charge in [0.1, 0.15) is 11.3 Å². The third-order valence-electron chi connectivity index (χ3n) is 4.53. The molecule has 8 heteroatoms. The van der Waals surface area contributed by atoms with Crippen molar-refractivity contribution in [3.05, 3.63) is 77.3 Å². The molecule has 2 aromatic heterocycles. The largest absolute Gasteiger partial charge is 0.482 e. The quantitative estimate of drug-likeness (QED) is 0.378. The van der Waals surface area contributed by atoms with Gasteiger partial charge in [0.25, 0.3) is 5.91 Å². The maximum absolute atomic E-state index is 12.5. The zero-order valence-electron chi connectivity index (χ0n) is 16.5. The number of nitrogens with zero attached hydrogens (tertiary/aromatic N) is 1. The van der Waals surface area contributed by atoms with Crippen LogP contribution in [-0.4, -0.2) is 29.6 Å². The molecule has 4 aromatic rings. The molecule has 0 radical (unpaired) electrons. The number of amides is 1. The number of pyridine rings is 1. The molecule has 156 valence electrons. The van der Waals surface area contributed by atoms with Gasteiger partial charge in [-0.3, -0.25) is 9.78 Å². The molecule has 0 aliphatic carbocycles. The number of esters is 1. The molecular formula is C23H18N2O6. The van der Waals surface area contributed by atoms with Crippen LogP contribution < -0.4 is 15.7 Å². The highest BCUT2D eigenvalue weighted by atomic mass is 16.6. The molecule has 2 heterocycles. The Hall–Kier alpha value is -4.20. The summed E-state index contributed by atoms with van der Waals surface area (Å²) in [5.41, 5.74) is 1.18. The Labute approximate surface area is 176 Å². The number of ether oxygens (including phenoxy) is 2. The van der Waals surface area contributed by atoms with E-state index in [1.165, 1.54) is 19.1 Å². The molecule has 0 spiro atoms. The van der Waals surface area contributed by atoms with E-state index in [0.29, 0.717) is 17.0 Å². The highest BCUT2D eigenvalue weighted by Crippen LogP contribution is 2.22. The molecule has 1 N–H and O–H groups in total. The number of carbonyl (C=O) groups excluding carboxylic acids is 2. The summed E-state index contributed by atoms with van der Waals surface area (Å²) in [7, 11) is 0. The summed E-state index contributed by atoms with van der Waals surface area (Å²) in [6.45, 7) is 1.07. The molecule has 4 rings (SSSR count). The van der Waals surface area contributed by atoms with Crippen LogP contribution in [0.15, 0.2) is 76.1 Å². The number of hydrogen-bond acceptors (Lipinski definition) is 7. The number of aromatic nitrogens is 1. The van der Waals surface area contributed by atoms with Crippen molar-refractivity contribution in [2.45, 2.75) is 13.0 Å². The van der Waals surface area contributed by atoms with Crippen LogP contribution in [0.4, 0.5) is 5.69 Å². The van der Waals surface area contributed by atoms with Gasteiger partial charge in [0, 0.05) is 29.1 Å². The average Bonchev–Trinajstić information content (AvgIpc) is 2.77. The van der Waals surface area contributed by atoms with E-state index < -0.39 is 30.2 Å². The lowest BCUT2D eigenvalue weighted by Crippen LogP contribution is -2.31. The van der Waals surface area contributed by atoms with E-state index in [1.807, 2.05) is 12.1 Å². The van der Waals surface area contributed by atoms with Gasteiger partial charge in [-0.2, -0.15) is 0 Å². The lowest BCUT2D eigenvalue weighted by atomic mass is 10.2. The van der Waals surface area contributed by atoms with Gasteiger partial charge in [-0.15, -0.1) is 0 Å². The third-order valence-corrected chi connectivity index (χ3v) is 4.53. The van der Waals surface area contributed by atoms with Gasteiger partial charge in [0.2, 0.25) is 0 Å². The number of benzene rings is 2. The average molecular weight is 418 g/mol. The van der Waals surface area contributed by atoms with Crippen LogP contribution >= 0.6 is 0 Å². The van der Waals surface area contributed by atoms with Gasteiger partial charge in [0.05, 0.1) is 11.2 Å². The normalized spacial score (nSPS) is 11.8. The van der Waals surface area contributed by atoms with Crippen LogP contribution in [0.2, 0.25) is 0 Å². The third kappa shape index (κ3) is 4.69. The summed E-state index contributed by atoms with van der Waals surface area (Å²) in [5, 5.41) is 4.26. The Morgan fingerprint density at radius 2 is 1.94 bits per heavy atom. The monoisotopic (exact) mass is 418 g/mol. The summed E-state index contributed by atoms with van der Waals surface area (Å²) in [5.74, 6) is -0.854. The first-order valence-electron chi connectivity index (χ1n) is 9.50. The Bertz CT molecular complexity index is 1330. The Balaban J connectivity index is 1.35. The maximum atomic E-state index is 12.5. The molecule has 0 fully saturated rings. The molecular weight excluding hydrogens is 400 g/mol. The van der Waals surface area contributed by atoms with Crippen molar-refractivity contribution in [2.75, 3.05) is 11.9 Å². The van der Waals surface area contributed by atoms with Crippen molar-refractivity contribution >= 4 is 39.4 Å². The molecule has 0 saturated heterocycles. The predicted octanol–water partition coefficient (Wildman–Crippen LogP) is 3.29. The fourth-order valence-electron chi connectivity index (χ4n) is 3.00. The van der Waals surface area contributed by atoms with Crippen molar-refractivity contribution in [3.8, 4) is 5.75 Å². The van der Waals surface area contributed by atoms with E-state index >= 15 is 0 Å². The van der Waals surface area contributed by atoms with Gasteiger partial charge < -0.3 is 19.2 Å². The molecule has 0 bridgehead atoms. The van der Waals surface area contributed by atoms with E-state index in [9.17, 15) is 14.4 Å². The maximum Gasteiger partial charge on any atom is 0.344 e. The number of nitrogens with one attached hydrogen (secondary N) is 1. The summed E-state index contributed by atoms with van der Waals surface area (Å²) in [6.07, 6.45) is 0.638. The second kappa shape index (κ2) is 8.66. The number of rotatable bonds is 6. The molecule has 2 aromatic carbocycles. The second-order valence-electron chi connectivity index (χ2n) is 6.74. The molecule has 0 aliphatic heterocycles. The highest BCUT2D eigenvalue weighted by Gasteiger charge is 2.19. The van der Waals surface area contributed by atoms with Crippen molar-refractivity contribution in [1.29, 1.82) is 0 Å². The minimum absolute atomic E-state index is 0.333. The van der Waals surface area contributed by atoms with Crippen LogP contribution in [-0.2, 0) is 14.3 Å². The predicted molar refractivity (Wildman–Crippen MR) is 114 cm³/mol. The van der Waals surface area contributed by atoms with Crippen molar-refractivity contribution in [1.82, 2.24) is 4.98 Å². The van der Waals surface area contributed by atoms with Gasteiger partial charge >= 0.3 is 11.6 Å². The first-order valence-corrected chi connectivity index (χ1v) is 9.50. The molecule has 8 nitrogen and oxygen atoms in total. The summed E-state index contributed by atoms with van der Waals surface area (Å²) >= 11 is 0. The Kier molecular flexibility index (Phi) is 5.61. The van der Waals surface area contributed by atoms with Crippen LogP contribution in [0.1, 0.15) is 6.92 Å². The van der Waals surface area contributed by atoms with E-state index in [4.69, 9.17) is 13.9 Å². The van der Waals surface area contributed by atoms with Gasteiger partial charge in [-0.05, 0) is 49.4 Å². The molecule has 0 aliphatic rings. The number of fused-ring (bicyclic) bond motifs is 2. The second-order valence-corrected chi connectivity index (χ2v) is 6.74. The summed E-state index contributed by atoms with van der Waals surface area (Å²) < 4.78 is 15.6. The SMILES string of the molecule is CC(OC(=O)COc1ccc2ccc(=O)oc2c1)C(=O)Nc1cccc2ncccc12. The van der Waals surface area contributed by atoms with Crippen LogP contribution in [0.5, 0.6) is 5.75 Å². The minimum atomic E-state index is -1.03. The zero-order valence-corrected chi connectivity index (χ0v) is 16.5. The van der Waals surface area contributed by atoms with E-state index in [2.05, 4.69) is 10.3 Å². The van der Waals surface area contributed by atoms with Crippen molar-refractivity contribution in [2.24, 2.45) is 0 Å². The first kappa shape index (κ1) is 20.1. The van der Waals surface area contributed by atoms with Crippen LogP contribution in [0.25, 0.3) is 21.9 Å². The highest BCUT2D eigenvalue weighted by molar-refractivity contribution is 6.02. The zero-order chi connectivity index (χ0) is 21.8. The number of anilines is 1. The lowest BCUT2D eigenvalue weighted by Gasteiger charge is -2.15. The summed E-state index contributed by atoms with van der Waals surface area (Å²) in [4.78, 5) is 40.1. The van der Waals surface area contributed by atoms with Gasteiger partial charge in [0.15, 0.2) is 12.7 Å². The van der Waals surface area contributed by atoms with E-state index in [-0.39, 0.29) is 0 Å². The van der Waals surface area contributed by atoms with E-state index in [0.717, 1.165) is 16.3 Å². The molecule has 1 unspecified atom stereocenters. The standard InChI is InChI=1S/C23H18N2O6/c1-14(23(28)25-19-6-2-5-18-17(19)4-3-11-24-18)30-22(27)13-29-16-9-7-15-8-10-21(26)31-20(15)12-16/h2-12,14H,13H2,1H3,(H,25,28). The first-order chi connectivity index (χ1) is 15.0. The number of hydrogen-bond donors (Lipinski definition) is 1. The number of carbonyl (C=O) groups is 2. The van der Waals surface area contributed by atoms with Crippen molar-refractivity contribution in [3.63, 3.8) is 0 Å². The topological polar surface area (TPSA) is 108 Å². The smallest absolute Gasteiger partial charge is 0.344 e.